The molecule has 0 aliphatic carbocycles. The number of sulfonamides is 1. The number of fused-ring (bicyclic) bond motifs is 1. The van der Waals surface area contributed by atoms with Crippen LogP contribution in [0.1, 0.15) is 6.92 Å². The van der Waals surface area contributed by atoms with Crippen LogP contribution in [-0.2, 0) is 14.8 Å². The molecule has 7 heteroatoms. The summed E-state index contributed by atoms with van der Waals surface area (Å²) >= 11 is 8.99. The van der Waals surface area contributed by atoms with E-state index in [9.17, 15) is 13.2 Å². The van der Waals surface area contributed by atoms with Crippen LogP contribution in [0.5, 0.6) is 0 Å². The number of carbonyl (C=O) groups excluding carboxylic acids is 1. The van der Waals surface area contributed by atoms with Crippen LogP contribution in [0.25, 0.3) is 10.8 Å². The molecule has 4 nitrogen and oxygen atoms in total. The molecule has 0 bridgehead atoms. The predicted molar refractivity (Wildman–Crippen MR) is 108 cm³/mol. The van der Waals surface area contributed by atoms with E-state index in [1.54, 1.807) is 24.3 Å². The van der Waals surface area contributed by atoms with E-state index in [0.29, 0.717) is 5.69 Å². The van der Waals surface area contributed by atoms with Crippen LogP contribution in [-0.4, -0.2) is 19.7 Å². The van der Waals surface area contributed by atoms with Gasteiger partial charge in [0.2, 0.25) is 5.24 Å². The third-order valence-corrected chi connectivity index (χ3v) is 6.80. The molecule has 0 aromatic heterocycles. The molecule has 0 spiro atoms. The molecule has 0 saturated heterocycles. The molecule has 0 amide bonds. The van der Waals surface area contributed by atoms with Gasteiger partial charge in [-0.3, -0.25) is 9.10 Å². The van der Waals surface area contributed by atoms with Crippen LogP contribution in [0.15, 0.2) is 76.1 Å². The summed E-state index contributed by atoms with van der Waals surface area (Å²) < 4.78 is 28.5. The van der Waals surface area contributed by atoms with E-state index < -0.39 is 21.3 Å². The second-order valence-corrected chi connectivity index (χ2v) is 8.84. The van der Waals surface area contributed by atoms with Crippen LogP contribution >= 0.6 is 27.5 Å². The molecule has 3 rings (SSSR count). The Labute approximate surface area is 165 Å². The zero-order valence-electron chi connectivity index (χ0n) is 13.8. The number of nitrogens with zero attached hydrogens (tertiary/aromatic N) is 1. The second kappa shape index (κ2) is 7.39. The summed E-state index contributed by atoms with van der Waals surface area (Å²) in [5.74, 6) is 0. The Balaban J connectivity index is 2.26. The van der Waals surface area contributed by atoms with Crippen molar-refractivity contribution in [2.75, 3.05) is 4.31 Å². The van der Waals surface area contributed by atoms with Crippen molar-refractivity contribution < 1.29 is 13.2 Å². The monoisotopic (exact) mass is 451 g/mol. The van der Waals surface area contributed by atoms with Gasteiger partial charge in [0.1, 0.15) is 6.04 Å². The summed E-state index contributed by atoms with van der Waals surface area (Å²) in [7, 11) is -4.00. The molecule has 0 heterocycles. The molecule has 134 valence electrons. The van der Waals surface area contributed by atoms with Gasteiger partial charge in [-0.1, -0.05) is 52.3 Å². The molecule has 3 aromatic rings. The summed E-state index contributed by atoms with van der Waals surface area (Å²) in [5, 5.41) is 0.842. The maximum absolute atomic E-state index is 13.3. The highest BCUT2D eigenvalue weighted by atomic mass is 79.9. The first kappa shape index (κ1) is 18.9. The number of hydrogen-bond donors (Lipinski definition) is 0. The second-order valence-electron chi connectivity index (χ2n) is 5.73. The topological polar surface area (TPSA) is 54.5 Å². The van der Waals surface area contributed by atoms with Crippen LogP contribution in [0.2, 0.25) is 0 Å². The van der Waals surface area contributed by atoms with E-state index in [1.165, 1.54) is 19.1 Å². The molecule has 0 aliphatic rings. The summed E-state index contributed by atoms with van der Waals surface area (Å²) in [6.45, 7) is 1.48. The molecule has 1 unspecified atom stereocenters. The molecular formula is C19H15BrClNO3S. The Morgan fingerprint density at radius 2 is 1.62 bits per heavy atom. The van der Waals surface area contributed by atoms with Crippen molar-refractivity contribution in [2.24, 2.45) is 0 Å². The average Bonchev–Trinajstić information content (AvgIpc) is 2.62. The van der Waals surface area contributed by atoms with Gasteiger partial charge in [0.05, 0.1) is 10.6 Å². The van der Waals surface area contributed by atoms with Crippen molar-refractivity contribution in [1.29, 1.82) is 0 Å². The molecule has 1 atom stereocenters. The van der Waals surface area contributed by atoms with E-state index in [2.05, 4.69) is 15.9 Å². The summed E-state index contributed by atoms with van der Waals surface area (Å²) in [5.41, 5.74) is 0.410. The number of halogens is 2. The number of hydrogen-bond acceptors (Lipinski definition) is 3. The molecular weight excluding hydrogens is 438 g/mol. The highest BCUT2D eigenvalue weighted by molar-refractivity contribution is 9.10. The standard InChI is InChI=1S/C19H15BrClNO3S/c1-13(19(21)23)22(26(24,25)16-11-9-15(20)10-12-16)18-8-4-6-14-5-2-3-7-17(14)18/h2-13H,1H3. The van der Waals surface area contributed by atoms with Crippen molar-refractivity contribution in [3.63, 3.8) is 0 Å². The first-order valence-electron chi connectivity index (χ1n) is 7.79. The Morgan fingerprint density at radius 3 is 2.27 bits per heavy atom. The zero-order chi connectivity index (χ0) is 18.9. The average molecular weight is 453 g/mol. The van der Waals surface area contributed by atoms with E-state index in [4.69, 9.17) is 11.6 Å². The van der Waals surface area contributed by atoms with Gasteiger partial charge in [-0.2, -0.15) is 0 Å². The van der Waals surface area contributed by atoms with Crippen molar-refractivity contribution in [3.05, 3.63) is 71.2 Å². The van der Waals surface area contributed by atoms with Gasteiger partial charge in [0.15, 0.2) is 0 Å². The third kappa shape index (κ3) is 3.49. The summed E-state index contributed by atoms with van der Waals surface area (Å²) in [4.78, 5) is 12.0. The minimum atomic E-state index is -4.00. The Kier molecular flexibility index (Phi) is 5.37. The zero-order valence-corrected chi connectivity index (χ0v) is 16.9. The summed E-state index contributed by atoms with van der Waals surface area (Å²) in [6.07, 6.45) is 0. The lowest BCUT2D eigenvalue weighted by atomic mass is 10.1. The van der Waals surface area contributed by atoms with Gasteiger partial charge in [-0.25, -0.2) is 8.42 Å². The predicted octanol–water partition coefficient (Wildman–Crippen LogP) is 4.95. The third-order valence-electron chi connectivity index (χ3n) is 4.05. The van der Waals surface area contributed by atoms with Crippen LogP contribution < -0.4 is 4.31 Å². The van der Waals surface area contributed by atoms with E-state index in [1.807, 2.05) is 30.3 Å². The largest absolute Gasteiger partial charge is 0.279 e. The molecule has 0 fully saturated rings. The van der Waals surface area contributed by atoms with Gasteiger partial charge >= 0.3 is 0 Å². The van der Waals surface area contributed by atoms with Crippen LogP contribution in [0, 0.1) is 0 Å². The lowest BCUT2D eigenvalue weighted by molar-refractivity contribution is -0.112. The molecule has 0 aliphatic heterocycles. The number of carbonyl (C=O) groups is 1. The first-order valence-corrected chi connectivity index (χ1v) is 10.4. The fraction of sp³-hybridized carbons (Fsp3) is 0.105. The number of anilines is 1. The van der Waals surface area contributed by atoms with Gasteiger partial charge in [0, 0.05) is 9.86 Å². The summed E-state index contributed by atoms with van der Waals surface area (Å²) in [6, 6.07) is 17.9. The van der Waals surface area contributed by atoms with Crippen molar-refractivity contribution >= 4 is 59.3 Å². The van der Waals surface area contributed by atoms with E-state index in [0.717, 1.165) is 19.6 Å². The Morgan fingerprint density at radius 1 is 1.00 bits per heavy atom. The normalized spacial score (nSPS) is 12.7. The van der Waals surface area contributed by atoms with Crippen molar-refractivity contribution in [3.8, 4) is 0 Å². The molecule has 0 radical (unpaired) electrons. The highest BCUT2D eigenvalue weighted by Gasteiger charge is 2.33. The molecule has 0 N–H and O–H groups in total. The maximum atomic E-state index is 13.3. The van der Waals surface area contributed by atoms with Crippen molar-refractivity contribution in [1.82, 2.24) is 0 Å². The lowest BCUT2D eigenvalue weighted by Crippen LogP contribution is -2.42. The molecule has 3 aromatic carbocycles. The first-order chi connectivity index (χ1) is 12.3. The minimum absolute atomic E-state index is 0.0819. The number of rotatable bonds is 5. The smallest absolute Gasteiger partial charge is 0.265 e. The van der Waals surface area contributed by atoms with Gasteiger partial charge in [-0.05, 0) is 54.2 Å². The van der Waals surface area contributed by atoms with Crippen molar-refractivity contribution in [2.45, 2.75) is 17.9 Å². The fourth-order valence-electron chi connectivity index (χ4n) is 2.76. The Hall–Kier alpha value is -1.89. The van der Waals surface area contributed by atoms with Crippen LogP contribution in [0.3, 0.4) is 0 Å². The van der Waals surface area contributed by atoms with E-state index in [-0.39, 0.29) is 4.90 Å². The van der Waals surface area contributed by atoms with Gasteiger partial charge < -0.3 is 0 Å². The lowest BCUT2D eigenvalue weighted by Gasteiger charge is -2.29. The number of benzene rings is 3. The maximum Gasteiger partial charge on any atom is 0.265 e. The Bertz CT molecular complexity index is 1060. The quantitative estimate of drug-likeness (QED) is 0.515. The molecule has 26 heavy (non-hydrogen) atoms. The SMILES string of the molecule is CC(C(=O)Cl)N(c1cccc2ccccc12)S(=O)(=O)c1ccc(Br)cc1. The minimum Gasteiger partial charge on any atom is -0.279 e. The molecule has 0 saturated carbocycles. The van der Waals surface area contributed by atoms with E-state index >= 15 is 0 Å². The van der Waals surface area contributed by atoms with Crippen LogP contribution in [0.4, 0.5) is 5.69 Å². The van der Waals surface area contributed by atoms with Gasteiger partial charge in [0.25, 0.3) is 10.0 Å². The highest BCUT2D eigenvalue weighted by Crippen LogP contribution is 2.33. The fourth-order valence-corrected chi connectivity index (χ4v) is 4.82. The van der Waals surface area contributed by atoms with Gasteiger partial charge in [-0.15, -0.1) is 0 Å².